The van der Waals surface area contributed by atoms with Crippen molar-refractivity contribution in [1.82, 2.24) is 10.6 Å². The molecule has 10 nitrogen and oxygen atoms in total. The van der Waals surface area contributed by atoms with Crippen LogP contribution >= 0.6 is 0 Å². The Bertz CT molecular complexity index is 396. The van der Waals surface area contributed by atoms with Gasteiger partial charge >= 0.3 is 11.9 Å². The highest BCUT2D eigenvalue weighted by Gasteiger charge is 2.28. The van der Waals surface area contributed by atoms with Crippen molar-refractivity contribution in [2.75, 3.05) is 6.54 Å². The summed E-state index contributed by atoms with van der Waals surface area (Å²) in [6.07, 6.45) is -1.96. The van der Waals surface area contributed by atoms with Crippen molar-refractivity contribution in [2.45, 2.75) is 31.5 Å². The molecule has 0 unspecified atom stereocenters. The van der Waals surface area contributed by atoms with Crippen LogP contribution in [0.25, 0.3) is 0 Å². The fourth-order valence-electron chi connectivity index (χ4n) is 1.22. The number of nitrogens with one attached hydrogen (secondary N) is 2. The third-order valence-corrected chi connectivity index (χ3v) is 2.21. The van der Waals surface area contributed by atoms with Crippen LogP contribution in [0.1, 0.15) is 13.3 Å². The molecule has 2 amide bonds. The van der Waals surface area contributed by atoms with E-state index < -0.39 is 54.9 Å². The Balaban J connectivity index is 4.61. The minimum absolute atomic E-state index is 0.644. The molecule has 0 saturated carbocycles. The predicted molar refractivity (Wildman–Crippen MR) is 64.5 cm³/mol. The number of rotatable bonds is 8. The van der Waals surface area contributed by atoms with E-state index in [2.05, 4.69) is 5.32 Å². The molecule has 0 heterocycles. The van der Waals surface area contributed by atoms with E-state index in [9.17, 15) is 24.3 Å². The van der Waals surface area contributed by atoms with Gasteiger partial charge in [-0.3, -0.25) is 19.2 Å². The molecule has 0 aliphatic heterocycles. The Hall–Kier alpha value is -2.20. The zero-order valence-corrected chi connectivity index (χ0v) is 10.7. The highest BCUT2D eigenvalue weighted by molar-refractivity contribution is 5.92. The number of carboxylic acid groups (broad SMARTS) is 2. The van der Waals surface area contributed by atoms with Crippen LogP contribution in [0.15, 0.2) is 0 Å². The van der Waals surface area contributed by atoms with Gasteiger partial charge in [-0.25, -0.2) is 0 Å². The van der Waals surface area contributed by atoms with Gasteiger partial charge < -0.3 is 31.7 Å². The Morgan fingerprint density at radius 1 is 1.10 bits per heavy atom. The molecule has 0 aliphatic carbocycles. The molecule has 114 valence electrons. The molecular formula is C10H17N3O7. The largest absolute Gasteiger partial charge is 0.481 e. The van der Waals surface area contributed by atoms with Gasteiger partial charge in [0.1, 0.15) is 12.6 Å². The number of carboxylic acids is 2. The zero-order chi connectivity index (χ0) is 15.9. The third-order valence-electron chi connectivity index (χ3n) is 2.21. The summed E-state index contributed by atoms with van der Waals surface area (Å²) in [4.78, 5) is 43.8. The summed E-state index contributed by atoms with van der Waals surface area (Å²) >= 11 is 0. The Labute approximate surface area is 113 Å². The van der Waals surface area contributed by atoms with Gasteiger partial charge in [0.2, 0.25) is 11.8 Å². The highest BCUT2D eigenvalue weighted by atomic mass is 16.4. The summed E-state index contributed by atoms with van der Waals surface area (Å²) in [5, 5.41) is 30.3. The molecule has 0 aromatic carbocycles. The molecule has 0 rings (SSSR count). The number of carbonyl (C=O) groups excluding carboxylic acids is 2. The Morgan fingerprint density at radius 3 is 2.05 bits per heavy atom. The molecular weight excluding hydrogens is 274 g/mol. The molecule has 0 aromatic rings. The fourth-order valence-corrected chi connectivity index (χ4v) is 1.22. The summed E-state index contributed by atoms with van der Waals surface area (Å²) in [7, 11) is 0. The average molecular weight is 291 g/mol. The van der Waals surface area contributed by atoms with Crippen molar-refractivity contribution in [3.8, 4) is 0 Å². The number of aliphatic carboxylic acids is 2. The normalized spacial score (nSPS) is 14.8. The quantitative estimate of drug-likeness (QED) is 0.271. The van der Waals surface area contributed by atoms with Crippen molar-refractivity contribution < 1.29 is 34.5 Å². The molecule has 0 bridgehead atoms. The molecule has 0 saturated heterocycles. The number of amides is 2. The summed E-state index contributed by atoms with van der Waals surface area (Å²) < 4.78 is 0. The molecule has 3 atom stereocenters. The van der Waals surface area contributed by atoms with Gasteiger partial charge in [0, 0.05) is 0 Å². The minimum atomic E-state index is -1.43. The van der Waals surface area contributed by atoms with Gasteiger partial charge in [-0.05, 0) is 6.92 Å². The van der Waals surface area contributed by atoms with Gasteiger partial charge in [0.15, 0.2) is 0 Å². The summed E-state index contributed by atoms with van der Waals surface area (Å²) in [6.45, 7) is 0.521. The molecule has 0 spiro atoms. The minimum Gasteiger partial charge on any atom is -0.481 e. The lowest BCUT2D eigenvalue weighted by Gasteiger charge is -2.21. The van der Waals surface area contributed by atoms with Crippen molar-refractivity contribution >= 4 is 23.8 Å². The first kappa shape index (κ1) is 17.8. The third kappa shape index (κ3) is 6.66. The molecule has 0 aromatic heterocycles. The van der Waals surface area contributed by atoms with Crippen LogP contribution in [0.4, 0.5) is 0 Å². The maximum Gasteiger partial charge on any atom is 0.322 e. The summed E-state index contributed by atoms with van der Waals surface area (Å²) in [6, 6.07) is -2.82. The predicted octanol–water partition coefficient (Wildman–Crippen LogP) is -3.15. The van der Waals surface area contributed by atoms with Crippen LogP contribution in [-0.4, -0.2) is 63.8 Å². The standard InChI is InChI=1S/C10H17N3O7/c1-4(14)8(10(20)12-3-7(17)18)13-9(19)5(11)2-6(15)16/h4-5,8,14H,2-3,11H2,1H3,(H,12,20)(H,13,19)(H,15,16)(H,17,18)/t4-,5+,8+/m1/s1. The Kier molecular flexibility index (Phi) is 7.18. The number of aliphatic hydroxyl groups is 1. The lowest BCUT2D eigenvalue weighted by molar-refractivity contribution is -0.141. The van der Waals surface area contributed by atoms with Gasteiger partial charge in [0.05, 0.1) is 18.6 Å². The van der Waals surface area contributed by atoms with Crippen LogP contribution < -0.4 is 16.4 Å². The second-order valence-corrected chi connectivity index (χ2v) is 4.04. The van der Waals surface area contributed by atoms with E-state index in [1.165, 1.54) is 6.92 Å². The van der Waals surface area contributed by atoms with Gasteiger partial charge in [-0.2, -0.15) is 0 Å². The van der Waals surface area contributed by atoms with Crippen molar-refractivity contribution in [3.05, 3.63) is 0 Å². The van der Waals surface area contributed by atoms with Crippen LogP contribution in [0.3, 0.4) is 0 Å². The van der Waals surface area contributed by atoms with E-state index in [1.54, 1.807) is 0 Å². The molecule has 7 N–H and O–H groups in total. The topological polar surface area (TPSA) is 179 Å². The number of carbonyl (C=O) groups is 4. The molecule has 0 aliphatic rings. The van der Waals surface area contributed by atoms with E-state index in [1.807, 2.05) is 5.32 Å². The summed E-state index contributed by atoms with van der Waals surface area (Å²) in [5.41, 5.74) is 5.29. The summed E-state index contributed by atoms with van der Waals surface area (Å²) in [5.74, 6) is -4.45. The molecule has 10 heteroatoms. The van der Waals surface area contributed by atoms with Crippen LogP contribution in [0.2, 0.25) is 0 Å². The fraction of sp³-hybridized carbons (Fsp3) is 0.600. The van der Waals surface area contributed by atoms with Gasteiger partial charge in [-0.15, -0.1) is 0 Å². The lowest BCUT2D eigenvalue weighted by Crippen LogP contribution is -2.56. The zero-order valence-electron chi connectivity index (χ0n) is 10.7. The first-order chi connectivity index (χ1) is 9.15. The van der Waals surface area contributed by atoms with Crippen LogP contribution in [-0.2, 0) is 19.2 Å². The van der Waals surface area contributed by atoms with E-state index in [4.69, 9.17) is 15.9 Å². The smallest absolute Gasteiger partial charge is 0.322 e. The molecule has 20 heavy (non-hydrogen) atoms. The number of aliphatic hydroxyl groups excluding tert-OH is 1. The monoisotopic (exact) mass is 291 g/mol. The van der Waals surface area contributed by atoms with Crippen molar-refractivity contribution in [3.63, 3.8) is 0 Å². The lowest BCUT2D eigenvalue weighted by atomic mass is 10.1. The second-order valence-electron chi connectivity index (χ2n) is 4.04. The van der Waals surface area contributed by atoms with E-state index in [-0.39, 0.29) is 0 Å². The highest BCUT2D eigenvalue weighted by Crippen LogP contribution is 1.96. The second kappa shape index (κ2) is 8.07. The number of hydrogen-bond acceptors (Lipinski definition) is 6. The maximum absolute atomic E-state index is 11.6. The van der Waals surface area contributed by atoms with E-state index in [0.717, 1.165) is 0 Å². The Morgan fingerprint density at radius 2 is 1.65 bits per heavy atom. The van der Waals surface area contributed by atoms with E-state index in [0.29, 0.717) is 0 Å². The van der Waals surface area contributed by atoms with Crippen molar-refractivity contribution in [2.24, 2.45) is 5.73 Å². The van der Waals surface area contributed by atoms with Crippen molar-refractivity contribution in [1.29, 1.82) is 0 Å². The van der Waals surface area contributed by atoms with Gasteiger partial charge in [0.25, 0.3) is 0 Å². The molecule has 0 fully saturated rings. The van der Waals surface area contributed by atoms with Crippen LogP contribution in [0.5, 0.6) is 0 Å². The number of nitrogens with two attached hydrogens (primary N) is 1. The average Bonchev–Trinajstić information content (AvgIpc) is 2.31. The first-order valence-corrected chi connectivity index (χ1v) is 5.60. The molecule has 0 radical (unpaired) electrons. The SMILES string of the molecule is C[C@@H](O)[C@H](NC(=O)[C@@H](N)CC(=O)O)C(=O)NCC(=O)O. The van der Waals surface area contributed by atoms with Gasteiger partial charge in [-0.1, -0.05) is 0 Å². The first-order valence-electron chi connectivity index (χ1n) is 5.60. The maximum atomic E-state index is 11.6. The number of hydrogen-bond donors (Lipinski definition) is 6. The van der Waals surface area contributed by atoms with Crippen LogP contribution in [0, 0.1) is 0 Å². The van der Waals surface area contributed by atoms with E-state index >= 15 is 0 Å².